The van der Waals surface area contributed by atoms with E-state index in [2.05, 4.69) is 25.2 Å². The quantitative estimate of drug-likeness (QED) is 0.272. The standard InChI is InChI=1S/C22H26F4N8O2/c1-29-20(35)13-2-3-14(17(23)30-13)33-8-5-12(6-9-33)34-7-4-11(10-34)19-31-18(28)15(21(36)32-19)16(27)22(24,25)26/h2-3,11-12,27H,4-10H2,1H3,(H,29,35)(H3,28,31,32,36). The Bertz CT molecular complexity index is 1220. The van der Waals surface area contributed by atoms with E-state index in [0.717, 1.165) is 12.8 Å². The number of aromatic amines is 1. The number of aromatic nitrogens is 3. The molecule has 5 N–H and O–H groups in total. The van der Waals surface area contributed by atoms with E-state index in [1.54, 1.807) is 6.07 Å². The summed E-state index contributed by atoms with van der Waals surface area (Å²) in [6.45, 7) is 2.41. The second kappa shape index (κ2) is 9.84. The molecule has 2 aromatic heterocycles. The van der Waals surface area contributed by atoms with Crippen molar-refractivity contribution in [3.63, 3.8) is 0 Å². The summed E-state index contributed by atoms with van der Waals surface area (Å²) in [5.74, 6) is -1.79. The number of anilines is 2. The molecule has 14 heteroatoms. The highest BCUT2D eigenvalue weighted by Gasteiger charge is 2.39. The van der Waals surface area contributed by atoms with Gasteiger partial charge in [-0.1, -0.05) is 0 Å². The highest BCUT2D eigenvalue weighted by atomic mass is 19.4. The molecule has 2 saturated heterocycles. The summed E-state index contributed by atoms with van der Waals surface area (Å²) in [4.78, 5) is 38.2. The van der Waals surface area contributed by atoms with E-state index >= 15 is 0 Å². The number of rotatable bonds is 5. The van der Waals surface area contributed by atoms with Crippen LogP contribution >= 0.6 is 0 Å². The molecule has 1 atom stereocenters. The van der Waals surface area contributed by atoms with Crippen LogP contribution in [0.2, 0.25) is 0 Å². The summed E-state index contributed by atoms with van der Waals surface area (Å²) in [6, 6.07) is 3.23. The summed E-state index contributed by atoms with van der Waals surface area (Å²) < 4.78 is 53.1. The van der Waals surface area contributed by atoms with Crippen LogP contribution in [0.3, 0.4) is 0 Å². The van der Waals surface area contributed by atoms with E-state index in [4.69, 9.17) is 11.1 Å². The third-order valence-electron chi connectivity index (χ3n) is 6.72. The lowest BCUT2D eigenvalue weighted by Crippen LogP contribution is -2.44. The number of amides is 1. The molecule has 1 unspecified atom stereocenters. The van der Waals surface area contributed by atoms with E-state index in [-0.39, 0.29) is 23.5 Å². The second-order valence-corrected chi connectivity index (χ2v) is 8.87. The fourth-order valence-corrected chi connectivity index (χ4v) is 4.82. The molecule has 194 valence electrons. The molecule has 0 aromatic carbocycles. The zero-order chi connectivity index (χ0) is 26.2. The van der Waals surface area contributed by atoms with E-state index in [9.17, 15) is 27.2 Å². The predicted molar refractivity (Wildman–Crippen MR) is 124 cm³/mol. The maximum atomic E-state index is 14.5. The van der Waals surface area contributed by atoms with Crippen molar-refractivity contribution in [3.05, 3.63) is 45.5 Å². The minimum Gasteiger partial charge on any atom is -0.383 e. The molecule has 2 aliphatic heterocycles. The number of carbonyl (C=O) groups is 1. The molecular formula is C22H26F4N8O2. The number of halogens is 4. The molecule has 2 aliphatic rings. The maximum absolute atomic E-state index is 14.5. The van der Waals surface area contributed by atoms with Crippen LogP contribution in [0.5, 0.6) is 0 Å². The lowest BCUT2D eigenvalue weighted by molar-refractivity contribution is -0.0588. The van der Waals surface area contributed by atoms with E-state index in [1.165, 1.54) is 13.1 Å². The molecule has 0 aliphatic carbocycles. The Balaban J connectivity index is 1.38. The molecule has 0 spiro atoms. The number of nitrogens with one attached hydrogen (secondary N) is 3. The van der Waals surface area contributed by atoms with Gasteiger partial charge in [0, 0.05) is 38.6 Å². The number of alkyl halides is 3. The Kier molecular flexibility index (Phi) is 6.98. The molecule has 0 saturated carbocycles. The summed E-state index contributed by atoms with van der Waals surface area (Å²) in [5.41, 5.74) is 2.10. The first-order valence-electron chi connectivity index (χ1n) is 11.4. The number of nitrogens with two attached hydrogens (primary N) is 1. The zero-order valence-corrected chi connectivity index (χ0v) is 19.5. The third-order valence-corrected chi connectivity index (χ3v) is 6.72. The van der Waals surface area contributed by atoms with Crippen LogP contribution in [-0.4, -0.2) is 76.9 Å². The number of hydrogen-bond acceptors (Lipinski definition) is 8. The Morgan fingerprint density at radius 2 is 1.89 bits per heavy atom. The van der Waals surface area contributed by atoms with Gasteiger partial charge in [0.1, 0.15) is 22.9 Å². The first-order chi connectivity index (χ1) is 17.0. The lowest BCUT2D eigenvalue weighted by atomic mass is 10.0. The second-order valence-electron chi connectivity index (χ2n) is 8.87. The molecule has 10 nitrogen and oxygen atoms in total. The Morgan fingerprint density at radius 1 is 1.19 bits per heavy atom. The van der Waals surface area contributed by atoms with Crippen molar-refractivity contribution in [2.45, 2.75) is 37.4 Å². The topological polar surface area (TPSA) is 144 Å². The Morgan fingerprint density at radius 3 is 2.47 bits per heavy atom. The van der Waals surface area contributed by atoms with Gasteiger partial charge in [0.15, 0.2) is 5.71 Å². The lowest BCUT2D eigenvalue weighted by Gasteiger charge is -2.37. The largest absolute Gasteiger partial charge is 0.433 e. The van der Waals surface area contributed by atoms with Gasteiger partial charge in [-0.2, -0.15) is 17.6 Å². The van der Waals surface area contributed by atoms with Crippen LogP contribution in [0, 0.1) is 11.4 Å². The van der Waals surface area contributed by atoms with Crippen LogP contribution in [0.25, 0.3) is 0 Å². The highest BCUT2D eigenvalue weighted by Crippen LogP contribution is 2.31. The van der Waals surface area contributed by atoms with Gasteiger partial charge in [0.2, 0.25) is 5.95 Å². The number of carbonyl (C=O) groups excluding carboxylic acids is 1. The predicted octanol–water partition coefficient (Wildman–Crippen LogP) is 1.63. The van der Waals surface area contributed by atoms with Gasteiger partial charge in [0.05, 0.1) is 5.69 Å². The monoisotopic (exact) mass is 510 g/mol. The summed E-state index contributed by atoms with van der Waals surface area (Å²) >= 11 is 0. The van der Waals surface area contributed by atoms with Gasteiger partial charge in [-0.3, -0.25) is 19.9 Å². The van der Waals surface area contributed by atoms with Gasteiger partial charge < -0.3 is 20.9 Å². The summed E-state index contributed by atoms with van der Waals surface area (Å²) in [5, 5.41) is 9.62. The van der Waals surface area contributed by atoms with Gasteiger partial charge in [-0.15, -0.1) is 0 Å². The number of likely N-dealkylation sites (tertiary alicyclic amines) is 1. The fourth-order valence-electron chi connectivity index (χ4n) is 4.82. The van der Waals surface area contributed by atoms with E-state index in [1.807, 2.05) is 4.90 Å². The van der Waals surface area contributed by atoms with Crippen molar-refractivity contribution in [2.24, 2.45) is 0 Å². The van der Waals surface area contributed by atoms with Crippen LogP contribution in [0.4, 0.5) is 29.1 Å². The fraction of sp³-hybridized carbons (Fsp3) is 0.500. The van der Waals surface area contributed by atoms with Crippen molar-refractivity contribution < 1.29 is 22.4 Å². The summed E-state index contributed by atoms with van der Waals surface area (Å²) in [6.07, 6.45) is -2.87. The number of nitrogen functional groups attached to an aromatic ring is 1. The van der Waals surface area contributed by atoms with Crippen LogP contribution in [0.1, 0.15) is 47.1 Å². The molecule has 4 rings (SSSR count). The summed E-state index contributed by atoms with van der Waals surface area (Å²) in [7, 11) is 1.45. The first kappa shape index (κ1) is 25.5. The molecule has 1 amide bonds. The van der Waals surface area contributed by atoms with Gasteiger partial charge in [-0.05, 0) is 37.9 Å². The van der Waals surface area contributed by atoms with Crippen molar-refractivity contribution in [2.75, 3.05) is 43.9 Å². The SMILES string of the molecule is CNC(=O)c1ccc(N2CCC(N3CCC(c4nc(N)c(C(=N)C(F)(F)F)c(=O)[nH]4)C3)CC2)c(F)n1. The van der Waals surface area contributed by atoms with Crippen LogP contribution in [0.15, 0.2) is 16.9 Å². The normalized spacial score (nSPS) is 19.5. The smallest absolute Gasteiger partial charge is 0.383 e. The Labute approximate surface area is 203 Å². The maximum Gasteiger partial charge on any atom is 0.433 e. The van der Waals surface area contributed by atoms with Crippen LogP contribution in [-0.2, 0) is 0 Å². The molecule has 36 heavy (non-hydrogen) atoms. The van der Waals surface area contributed by atoms with Crippen molar-refractivity contribution >= 4 is 23.1 Å². The van der Waals surface area contributed by atoms with E-state index in [0.29, 0.717) is 38.3 Å². The first-order valence-corrected chi connectivity index (χ1v) is 11.4. The molecule has 0 bridgehead atoms. The third kappa shape index (κ3) is 5.03. The number of pyridine rings is 1. The van der Waals surface area contributed by atoms with Gasteiger partial charge >= 0.3 is 6.18 Å². The van der Waals surface area contributed by atoms with Gasteiger partial charge in [-0.25, -0.2) is 9.97 Å². The molecule has 4 heterocycles. The number of H-pyrrole nitrogens is 1. The minimum atomic E-state index is -5.01. The number of nitrogens with zero attached hydrogens (tertiary/aromatic N) is 4. The van der Waals surface area contributed by atoms with Crippen LogP contribution < -0.4 is 21.5 Å². The average Bonchev–Trinajstić information content (AvgIpc) is 3.33. The zero-order valence-electron chi connectivity index (χ0n) is 19.5. The molecule has 0 radical (unpaired) electrons. The average molecular weight is 510 g/mol. The van der Waals surface area contributed by atoms with Crippen molar-refractivity contribution in [1.82, 2.24) is 25.2 Å². The highest BCUT2D eigenvalue weighted by molar-refractivity contribution is 6.05. The molecular weight excluding hydrogens is 484 g/mol. The van der Waals surface area contributed by atoms with Gasteiger partial charge in [0.25, 0.3) is 11.5 Å². The number of piperidine rings is 1. The van der Waals surface area contributed by atoms with Crippen molar-refractivity contribution in [3.8, 4) is 0 Å². The number of hydrogen-bond donors (Lipinski definition) is 4. The Hall–Kier alpha value is -3.55. The molecule has 2 fully saturated rings. The van der Waals surface area contributed by atoms with E-state index < -0.39 is 40.7 Å². The minimum absolute atomic E-state index is 0.00677. The van der Waals surface area contributed by atoms with Crippen molar-refractivity contribution in [1.29, 1.82) is 5.41 Å². The molecule has 2 aromatic rings.